The number of amides is 1. The van der Waals surface area contributed by atoms with E-state index in [-0.39, 0.29) is 77.7 Å². The summed E-state index contributed by atoms with van der Waals surface area (Å²) in [6, 6.07) is 17.3. The van der Waals surface area contributed by atoms with Gasteiger partial charge in [-0.1, -0.05) is 48.5 Å². The minimum absolute atomic E-state index is 0.0495. The van der Waals surface area contributed by atoms with E-state index in [2.05, 4.69) is 105 Å². The van der Waals surface area contributed by atoms with Crippen LogP contribution in [0.15, 0.2) is 82.2 Å². The number of likely N-dealkylation sites (tertiary alicyclic amines) is 1. The van der Waals surface area contributed by atoms with Crippen LogP contribution < -0.4 is 26.2 Å². The first kappa shape index (κ1) is 48.6. The van der Waals surface area contributed by atoms with Gasteiger partial charge in [0.2, 0.25) is 49.6 Å². The molecular weight excluding hydrogens is 933 g/mol. The summed E-state index contributed by atoms with van der Waals surface area (Å²) in [5.41, 5.74) is 6.50. The molecule has 0 bridgehead atoms. The van der Waals surface area contributed by atoms with E-state index in [1.54, 1.807) is 29.7 Å². The average Bonchev–Trinajstić information content (AvgIpc) is 4.17. The van der Waals surface area contributed by atoms with Gasteiger partial charge in [0, 0.05) is 50.0 Å². The van der Waals surface area contributed by atoms with Crippen LogP contribution in [0.25, 0.3) is 22.9 Å². The fraction of sp³-hybridized carbons (Fsp3) is 0.409. The van der Waals surface area contributed by atoms with Gasteiger partial charge in [-0.05, 0) is 85.7 Å². The number of primary sulfonamides is 2. The average molecular weight is 985 g/mol. The molecule has 2 aliphatic heterocycles. The number of fused-ring (bicyclic) bond motifs is 2. The lowest BCUT2D eigenvalue weighted by molar-refractivity contribution is -0.136. The highest BCUT2D eigenvalue weighted by Gasteiger charge is 2.30. The smallest absolute Gasteiger partial charge is 0.312 e. The highest BCUT2D eigenvalue weighted by Crippen LogP contribution is 2.26. The minimum Gasteiger partial charge on any atom is -0.481 e. The van der Waals surface area contributed by atoms with Gasteiger partial charge in [-0.25, -0.2) is 47.0 Å². The van der Waals surface area contributed by atoms with Crippen molar-refractivity contribution >= 4 is 43.8 Å². The molecule has 69 heavy (non-hydrogen) atoms. The van der Waals surface area contributed by atoms with Gasteiger partial charge in [0.15, 0.2) is 0 Å². The van der Waals surface area contributed by atoms with E-state index >= 15 is 0 Å². The van der Waals surface area contributed by atoms with E-state index in [0.717, 1.165) is 45.2 Å². The van der Waals surface area contributed by atoms with Crippen LogP contribution in [-0.2, 0) is 68.2 Å². The number of nitrogens with one attached hydrogen (secondary N) is 3. The number of benzene rings is 2. The fourth-order valence-corrected chi connectivity index (χ4v) is 10.5. The first-order chi connectivity index (χ1) is 33.1. The lowest BCUT2D eigenvalue weighted by Gasteiger charge is -2.15. The van der Waals surface area contributed by atoms with Gasteiger partial charge in [0.25, 0.3) is 11.8 Å². The number of rotatable bonds is 14. The molecule has 6 heterocycles. The highest BCUT2D eigenvalue weighted by molar-refractivity contribution is 7.89. The number of carboxylic acid groups (broad SMARTS) is 1. The van der Waals surface area contributed by atoms with Gasteiger partial charge in [-0.3, -0.25) is 9.59 Å². The first-order valence-electron chi connectivity index (χ1n) is 22.2. The van der Waals surface area contributed by atoms with Crippen molar-refractivity contribution in [3.63, 3.8) is 0 Å². The second kappa shape index (κ2) is 21.7. The summed E-state index contributed by atoms with van der Waals surface area (Å²) in [6.45, 7) is 2.54. The van der Waals surface area contributed by atoms with Crippen molar-refractivity contribution in [2.45, 2.75) is 63.5 Å². The van der Waals surface area contributed by atoms with Crippen LogP contribution in [-0.4, -0.2) is 129 Å². The molecule has 4 aliphatic rings. The normalized spacial score (nSPS) is 17.9. The van der Waals surface area contributed by atoms with Crippen molar-refractivity contribution in [1.82, 2.24) is 50.5 Å². The summed E-state index contributed by atoms with van der Waals surface area (Å²) in [5.74, 6) is 0.590. The molecule has 0 radical (unpaired) electrons. The molecule has 364 valence electrons. The zero-order valence-corrected chi connectivity index (χ0v) is 39.0. The lowest BCUT2D eigenvalue weighted by Crippen LogP contribution is -2.32. The van der Waals surface area contributed by atoms with E-state index in [0.29, 0.717) is 42.5 Å². The third-order valence-electron chi connectivity index (χ3n) is 11.8. The van der Waals surface area contributed by atoms with Crippen molar-refractivity contribution in [2.24, 2.45) is 22.1 Å². The third-order valence-corrected chi connectivity index (χ3v) is 13.7. The topological polar surface area (TPSA) is 343 Å². The largest absolute Gasteiger partial charge is 0.481 e. The number of hydrogen-bond acceptors (Lipinski definition) is 19. The minimum atomic E-state index is -3.56. The van der Waals surface area contributed by atoms with Gasteiger partial charge in [-0.15, -0.1) is 20.4 Å². The quantitative estimate of drug-likeness (QED) is 0.0898. The summed E-state index contributed by atoms with van der Waals surface area (Å²) in [7, 11) is -6.81. The fourth-order valence-electron chi connectivity index (χ4n) is 8.68. The SMILES string of the molecule is NS(=O)(=O)CC1CCN(C(=O)Cc2nnc(-c3cnc(NC4Cc5ccccc5C4)nc3)o2)C1.NS(=O)(=O)CC1CCNC1.O=C(O)Cc1nnc(-c2cnc(NC3Cc4ccccc4C3)nc2)o1. The van der Waals surface area contributed by atoms with Crippen LogP contribution in [0.3, 0.4) is 0 Å². The second-order valence-electron chi connectivity index (χ2n) is 17.4. The molecule has 2 unspecified atom stereocenters. The Morgan fingerprint density at radius 3 is 1.54 bits per heavy atom. The zero-order valence-electron chi connectivity index (χ0n) is 37.3. The maximum absolute atomic E-state index is 12.5. The summed E-state index contributed by atoms with van der Waals surface area (Å²) < 4.78 is 54.5. The van der Waals surface area contributed by atoms with Crippen molar-refractivity contribution in [2.75, 3.05) is 48.3 Å². The number of carboxylic acids is 1. The molecule has 8 N–H and O–H groups in total. The van der Waals surface area contributed by atoms with Gasteiger partial charge < -0.3 is 34.8 Å². The number of nitrogens with zero attached hydrogens (tertiary/aromatic N) is 9. The second-order valence-corrected chi connectivity index (χ2v) is 20.7. The maximum atomic E-state index is 12.5. The molecule has 25 heteroatoms. The van der Waals surface area contributed by atoms with Crippen molar-refractivity contribution in [1.29, 1.82) is 0 Å². The Bertz CT molecular complexity index is 2900. The van der Waals surface area contributed by atoms with E-state index in [1.165, 1.54) is 22.3 Å². The number of carbonyl (C=O) groups is 2. The van der Waals surface area contributed by atoms with E-state index < -0.39 is 26.0 Å². The molecule has 2 saturated heterocycles. The molecule has 1 amide bonds. The predicted molar refractivity (Wildman–Crippen MR) is 250 cm³/mol. The van der Waals surface area contributed by atoms with Crippen molar-refractivity contribution in [3.05, 3.63) is 107 Å². The molecule has 2 aromatic carbocycles. The van der Waals surface area contributed by atoms with Crippen LogP contribution in [0.2, 0.25) is 0 Å². The Morgan fingerprint density at radius 2 is 1.12 bits per heavy atom. The Hall–Kier alpha value is -6.80. The van der Waals surface area contributed by atoms with Crippen LogP contribution in [0, 0.1) is 11.8 Å². The Balaban J connectivity index is 0.000000160. The molecule has 6 aromatic rings. The van der Waals surface area contributed by atoms with Crippen LogP contribution in [0.1, 0.15) is 46.9 Å². The monoisotopic (exact) mass is 984 g/mol. The number of aromatic nitrogens is 8. The zero-order chi connectivity index (χ0) is 48.5. The van der Waals surface area contributed by atoms with Crippen molar-refractivity contribution < 1.29 is 40.4 Å². The molecule has 0 spiro atoms. The number of hydrogen-bond donors (Lipinski definition) is 6. The third kappa shape index (κ3) is 14.1. The summed E-state index contributed by atoms with van der Waals surface area (Å²) >= 11 is 0. The molecule has 2 atom stereocenters. The standard InChI is InChI=1S/C22H25N7O4S.C17H15N5O3.C5H12N2O2S/c23-34(31,32)13-14-5-6-29(12-14)20(30)9-19-27-28-21(33-19)17-10-24-22(25-11-17)26-18-7-15-3-1-2-4-16(15)8-18;23-15(24)7-14-21-22-16(25-14)12-8-18-17(19-9-12)20-13-5-10-3-1-2-4-11(10)6-13;6-10(8,9)4-5-1-2-7-3-5/h1-4,10-11,14,18H,5-9,12-13H2,(H2,23,31,32)(H,24,25,26);1-4,8-9,13H,5-7H2,(H,23,24)(H,18,19,20);5,7H,1-4H2,(H2,6,8,9). The van der Waals surface area contributed by atoms with Crippen LogP contribution in [0.5, 0.6) is 0 Å². The summed E-state index contributed by atoms with van der Waals surface area (Å²) in [5, 5.41) is 43.9. The molecule has 4 aromatic heterocycles. The van der Waals surface area contributed by atoms with Gasteiger partial charge >= 0.3 is 5.97 Å². The van der Waals surface area contributed by atoms with Crippen LogP contribution >= 0.6 is 0 Å². The molecule has 23 nitrogen and oxygen atoms in total. The Labute approximate surface area is 397 Å². The molecule has 2 fully saturated rings. The maximum Gasteiger partial charge on any atom is 0.312 e. The van der Waals surface area contributed by atoms with Crippen molar-refractivity contribution in [3.8, 4) is 22.9 Å². The number of anilines is 2. The number of nitrogens with two attached hydrogens (primary N) is 2. The number of aliphatic carboxylic acids is 1. The van der Waals surface area contributed by atoms with Crippen LogP contribution in [0.4, 0.5) is 11.9 Å². The molecule has 2 aliphatic carbocycles. The van der Waals surface area contributed by atoms with Gasteiger partial charge in [0.05, 0.1) is 22.6 Å². The first-order valence-corrected chi connectivity index (χ1v) is 25.7. The Morgan fingerprint density at radius 1 is 0.667 bits per heavy atom. The highest BCUT2D eigenvalue weighted by atomic mass is 32.2. The van der Waals surface area contributed by atoms with E-state index in [1.807, 2.05) is 0 Å². The molecule has 0 saturated carbocycles. The summed E-state index contributed by atoms with van der Waals surface area (Å²) in [6.07, 6.45) is 11.3. The number of carbonyl (C=O) groups excluding carboxylic acids is 1. The van der Waals surface area contributed by atoms with Gasteiger partial charge in [0.1, 0.15) is 12.8 Å². The van der Waals surface area contributed by atoms with E-state index in [4.69, 9.17) is 24.2 Å². The summed E-state index contributed by atoms with van der Waals surface area (Å²) in [4.78, 5) is 42.1. The molecule has 10 rings (SSSR count). The Kier molecular flexibility index (Phi) is 15.3. The molecular formula is C44H52N14O9S2. The predicted octanol–water partition coefficient (Wildman–Crippen LogP) is 1.40. The lowest BCUT2D eigenvalue weighted by atomic mass is 10.1. The van der Waals surface area contributed by atoms with E-state index in [9.17, 15) is 26.4 Å². The number of sulfonamides is 2. The van der Waals surface area contributed by atoms with Gasteiger partial charge in [-0.2, -0.15) is 0 Å².